The van der Waals surface area contributed by atoms with Crippen LogP contribution in [0.1, 0.15) is 37.9 Å². The summed E-state index contributed by atoms with van der Waals surface area (Å²) in [5.41, 5.74) is 1.66. The molecule has 0 aliphatic heterocycles. The van der Waals surface area contributed by atoms with Crippen LogP contribution in [-0.4, -0.2) is 28.3 Å². The number of aryl methyl sites for hydroxylation is 1. The van der Waals surface area contributed by atoms with Gasteiger partial charge >= 0.3 is 5.97 Å². The Morgan fingerprint density at radius 3 is 2.76 bits per heavy atom. The molecular weight excluding hydrogens is 288 g/mol. The summed E-state index contributed by atoms with van der Waals surface area (Å²) in [6, 6.07) is 0. The minimum atomic E-state index is -0.388. The molecule has 1 heterocycles. The van der Waals surface area contributed by atoms with Gasteiger partial charge in [0.15, 0.2) is 5.16 Å². The predicted octanol–water partition coefficient (Wildman–Crippen LogP) is 2.63. The van der Waals surface area contributed by atoms with Crippen LogP contribution in [0.2, 0.25) is 0 Å². The summed E-state index contributed by atoms with van der Waals surface area (Å²) < 4.78 is 5.07. The van der Waals surface area contributed by atoms with Crippen molar-refractivity contribution < 1.29 is 9.53 Å². The highest BCUT2D eigenvalue weighted by molar-refractivity contribution is 7.99. The zero-order valence-corrected chi connectivity index (χ0v) is 13.6. The highest BCUT2D eigenvalue weighted by Crippen LogP contribution is 2.15. The molecule has 0 atom stereocenters. The molecule has 0 radical (unpaired) electrons. The number of hydrogen-bond donors (Lipinski definition) is 1. The summed E-state index contributed by atoms with van der Waals surface area (Å²) in [7, 11) is 0. The van der Waals surface area contributed by atoms with E-state index in [9.17, 15) is 9.59 Å². The number of nitrogens with zero attached hydrogens (tertiary/aromatic N) is 1. The third kappa shape index (κ3) is 6.16. The second-order valence-electron chi connectivity index (χ2n) is 4.93. The van der Waals surface area contributed by atoms with Crippen molar-refractivity contribution in [2.45, 2.75) is 45.2 Å². The van der Waals surface area contributed by atoms with Gasteiger partial charge < -0.3 is 9.72 Å². The second-order valence-corrected chi connectivity index (χ2v) is 5.90. The molecule has 0 amide bonds. The zero-order valence-electron chi connectivity index (χ0n) is 12.8. The molecule has 0 fully saturated rings. The van der Waals surface area contributed by atoms with Gasteiger partial charge in [-0.25, -0.2) is 4.98 Å². The van der Waals surface area contributed by atoms with E-state index in [4.69, 9.17) is 4.74 Å². The van der Waals surface area contributed by atoms with Gasteiger partial charge in [-0.05, 0) is 20.3 Å². The molecule has 6 heteroatoms. The number of hydrogen-bond acceptors (Lipinski definition) is 5. The van der Waals surface area contributed by atoms with Crippen molar-refractivity contribution in [3.63, 3.8) is 0 Å². The van der Waals surface area contributed by atoms with Crippen molar-refractivity contribution in [3.8, 4) is 0 Å². The molecule has 0 saturated carbocycles. The number of thioether (sulfide) groups is 1. The van der Waals surface area contributed by atoms with Crippen LogP contribution in [0.4, 0.5) is 0 Å². The van der Waals surface area contributed by atoms with Crippen LogP contribution in [-0.2, 0) is 16.0 Å². The molecule has 116 valence electrons. The highest BCUT2D eigenvalue weighted by atomic mass is 32.2. The van der Waals surface area contributed by atoms with Gasteiger partial charge in [0.25, 0.3) is 5.56 Å². The number of ether oxygens (including phenoxy) is 1. The van der Waals surface area contributed by atoms with E-state index < -0.39 is 0 Å². The normalized spacial score (nSPS) is 10.4. The van der Waals surface area contributed by atoms with Gasteiger partial charge in [-0.3, -0.25) is 9.59 Å². The van der Waals surface area contributed by atoms with E-state index in [0.717, 1.165) is 18.4 Å². The van der Waals surface area contributed by atoms with Crippen molar-refractivity contribution >= 4 is 17.7 Å². The van der Waals surface area contributed by atoms with Crippen LogP contribution in [0.25, 0.3) is 0 Å². The first-order valence-electron chi connectivity index (χ1n) is 6.96. The Labute approximate surface area is 129 Å². The van der Waals surface area contributed by atoms with Gasteiger partial charge in [0.1, 0.15) is 0 Å². The average molecular weight is 310 g/mol. The number of nitrogens with one attached hydrogen (secondary N) is 1. The fourth-order valence-corrected chi connectivity index (χ4v) is 2.33. The number of rotatable bonds is 8. The predicted molar refractivity (Wildman–Crippen MR) is 84.7 cm³/mol. The Morgan fingerprint density at radius 2 is 2.19 bits per heavy atom. The van der Waals surface area contributed by atoms with Gasteiger partial charge in [-0.15, -0.1) is 0 Å². The molecule has 1 rings (SSSR count). The summed E-state index contributed by atoms with van der Waals surface area (Å²) in [6.45, 7) is 9.87. The lowest BCUT2D eigenvalue weighted by atomic mass is 10.2. The van der Waals surface area contributed by atoms with E-state index in [2.05, 4.69) is 16.5 Å². The van der Waals surface area contributed by atoms with Crippen molar-refractivity contribution in [2.24, 2.45) is 0 Å². The Kier molecular flexibility index (Phi) is 7.22. The quantitative estimate of drug-likeness (QED) is 0.263. The zero-order chi connectivity index (χ0) is 15.8. The third-order valence-electron chi connectivity index (χ3n) is 2.74. The standard InChI is InChI=1S/C15H22N2O3S/c1-5-6-7-20-13(18)8-12-11(4)16-15(17-14(12)19)21-9-10(2)3/h2,5-9H2,1,3-4H3,(H,16,17,19). The van der Waals surface area contributed by atoms with E-state index in [1.165, 1.54) is 11.8 Å². The van der Waals surface area contributed by atoms with Crippen LogP contribution in [0, 0.1) is 6.92 Å². The molecule has 0 aromatic carbocycles. The summed E-state index contributed by atoms with van der Waals surface area (Å²) in [5, 5.41) is 0.545. The van der Waals surface area contributed by atoms with Crippen LogP contribution >= 0.6 is 11.8 Å². The number of carbonyl (C=O) groups excluding carboxylic acids is 1. The summed E-state index contributed by atoms with van der Waals surface area (Å²) in [5.74, 6) is 0.307. The summed E-state index contributed by atoms with van der Waals surface area (Å²) in [6.07, 6.45) is 1.75. The topological polar surface area (TPSA) is 72.0 Å². The molecule has 0 saturated heterocycles. The molecule has 1 N–H and O–H groups in total. The SMILES string of the molecule is C=C(C)CSc1nc(C)c(CC(=O)OCCCC)c(=O)[nH]1. The highest BCUT2D eigenvalue weighted by Gasteiger charge is 2.13. The number of aromatic amines is 1. The Balaban J connectivity index is 2.73. The van der Waals surface area contributed by atoms with E-state index in [1.54, 1.807) is 6.92 Å². The third-order valence-corrected chi connectivity index (χ3v) is 3.84. The molecule has 1 aromatic rings. The number of unbranched alkanes of at least 4 members (excludes halogenated alkanes) is 1. The van der Waals surface area contributed by atoms with Gasteiger partial charge in [0.05, 0.1) is 13.0 Å². The molecule has 0 unspecified atom stereocenters. The van der Waals surface area contributed by atoms with Crippen molar-refractivity contribution in [3.05, 3.63) is 33.8 Å². The maximum Gasteiger partial charge on any atom is 0.310 e. The smallest absolute Gasteiger partial charge is 0.310 e. The number of carbonyl (C=O) groups is 1. The Morgan fingerprint density at radius 1 is 1.48 bits per heavy atom. The lowest BCUT2D eigenvalue weighted by molar-refractivity contribution is -0.142. The Bertz CT molecular complexity index is 567. The van der Waals surface area contributed by atoms with Crippen LogP contribution in [0.15, 0.2) is 22.1 Å². The van der Waals surface area contributed by atoms with E-state index in [1.807, 2.05) is 13.8 Å². The summed E-state index contributed by atoms with van der Waals surface area (Å²) in [4.78, 5) is 30.7. The van der Waals surface area contributed by atoms with Crippen LogP contribution < -0.4 is 5.56 Å². The largest absolute Gasteiger partial charge is 0.465 e. The number of aromatic nitrogens is 2. The molecule has 1 aromatic heterocycles. The Hall–Kier alpha value is -1.56. The first-order chi connectivity index (χ1) is 9.93. The van der Waals surface area contributed by atoms with E-state index >= 15 is 0 Å². The minimum absolute atomic E-state index is 0.0384. The maximum absolute atomic E-state index is 12.0. The minimum Gasteiger partial charge on any atom is -0.465 e. The first kappa shape index (κ1) is 17.5. The fraction of sp³-hybridized carbons (Fsp3) is 0.533. The first-order valence-corrected chi connectivity index (χ1v) is 7.95. The van der Waals surface area contributed by atoms with E-state index in [0.29, 0.717) is 28.8 Å². The van der Waals surface area contributed by atoms with Crippen LogP contribution in [0.5, 0.6) is 0 Å². The molecule has 0 spiro atoms. The second kappa shape index (κ2) is 8.67. The van der Waals surface area contributed by atoms with Crippen LogP contribution in [0.3, 0.4) is 0 Å². The fourth-order valence-electron chi connectivity index (χ4n) is 1.58. The van der Waals surface area contributed by atoms with Gasteiger partial charge in [-0.1, -0.05) is 37.3 Å². The molecule has 0 aliphatic carbocycles. The molecule has 21 heavy (non-hydrogen) atoms. The lowest BCUT2D eigenvalue weighted by Gasteiger charge is -2.07. The number of esters is 1. The van der Waals surface area contributed by atoms with E-state index in [-0.39, 0.29) is 17.9 Å². The summed E-state index contributed by atoms with van der Waals surface area (Å²) >= 11 is 1.42. The number of H-pyrrole nitrogens is 1. The van der Waals surface area contributed by atoms with Gasteiger partial charge in [0, 0.05) is 17.0 Å². The molecule has 5 nitrogen and oxygen atoms in total. The van der Waals surface area contributed by atoms with Crippen molar-refractivity contribution in [2.75, 3.05) is 12.4 Å². The average Bonchev–Trinajstić information content (AvgIpc) is 2.41. The maximum atomic E-state index is 12.0. The molecule has 0 aliphatic rings. The monoisotopic (exact) mass is 310 g/mol. The molecular formula is C15H22N2O3S. The van der Waals surface area contributed by atoms with Crippen molar-refractivity contribution in [1.29, 1.82) is 0 Å². The van der Waals surface area contributed by atoms with Gasteiger partial charge in [-0.2, -0.15) is 0 Å². The lowest BCUT2D eigenvalue weighted by Crippen LogP contribution is -2.21. The van der Waals surface area contributed by atoms with Gasteiger partial charge in [0.2, 0.25) is 0 Å². The van der Waals surface area contributed by atoms with Crippen molar-refractivity contribution in [1.82, 2.24) is 9.97 Å². The molecule has 0 bridgehead atoms.